The molecular weight excluding hydrogens is 332 g/mol. The highest BCUT2D eigenvalue weighted by Crippen LogP contribution is 2.27. The van der Waals surface area contributed by atoms with Crippen LogP contribution in [0, 0.1) is 6.92 Å². The van der Waals surface area contributed by atoms with Gasteiger partial charge in [0.25, 0.3) is 0 Å². The van der Waals surface area contributed by atoms with Gasteiger partial charge in [-0.15, -0.1) is 22.7 Å². The summed E-state index contributed by atoms with van der Waals surface area (Å²) in [4.78, 5) is 8.65. The molecule has 4 rings (SSSR count). The van der Waals surface area contributed by atoms with E-state index in [0.29, 0.717) is 0 Å². The normalized spacial score (nSPS) is 10.6. The average Bonchev–Trinajstić information content (AvgIpc) is 3.09. The zero-order chi connectivity index (χ0) is 15.5. The molecular formula is C16H14N2OS3. The first-order valence-corrected chi connectivity index (χ1v) is 9.47. The molecule has 0 saturated heterocycles. The Morgan fingerprint density at radius 2 is 1.73 bits per heavy atom. The van der Waals surface area contributed by atoms with E-state index < -0.39 is 0 Å². The second kappa shape index (κ2) is 6.64. The van der Waals surface area contributed by atoms with Gasteiger partial charge in [-0.25, -0.2) is 9.97 Å². The third-order valence-electron chi connectivity index (χ3n) is 2.93. The molecule has 0 aliphatic carbocycles. The number of phenols is 1. The smallest absolute Gasteiger partial charge is 0.150 e. The minimum absolute atomic E-state index is 0.280. The number of hydrogen-bond donors (Lipinski definition) is 1. The molecule has 4 aromatic rings. The zero-order valence-electron chi connectivity index (χ0n) is 12.1. The Bertz CT molecular complexity index is 881. The molecule has 22 heavy (non-hydrogen) atoms. The molecule has 2 aromatic carbocycles. The molecule has 2 heterocycles. The summed E-state index contributed by atoms with van der Waals surface area (Å²) >= 11 is 5.09. The molecule has 6 heteroatoms. The summed E-state index contributed by atoms with van der Waals surface area (Å²) in [5.74, 6) is 0.280. The first kappa shape index (κ1) is 15.3. The predicted octanol–water partition coefficient (Wildman–Crippen LogP) is 5.33. The van der Waals surface area contributed by atoms with Gasteiger partial charge in [-0.2, -0.15) is 0 Å². The van der Waals surface area contributed by atoms with Crippen molar-refractivity contribution < 1.29 is 5.11 Å². The maximum atomic E-state index is 9.10. The van der Waals surface area contributed by atoms with Crippen LogP contribution < -0.4 is 0 Å². The highest BCUT2D eigenvalue weighted by atomic mass is 32.2. The number of nitrogens with zero attached hydrogens (tertiary/aromatic N) is 2. The van der Waals surface area contributed by atoms with Crippen molar-refractivity contribution in [2.45, 2.75) is 11.3 Å². The number of aryl methyl sites for hydroxylation is 1. The average molecular weight is 347 g/mol. The van der Waals surface area contributed by atoms with E-state index in [1.165, 1.54) is 4.70 Å². The zero-order valence-corrected chi connectivity index (χ0v) is 14.6. The van der Waals surface area contributed by atoms with Crippen LogP contribution in [0.4, 0.5) is 0 Å². The van der Waals surface area contributed by atoms with Crippen molar-refractivity contribution >= 4 is 54.9 Å². The van der Waals surface area contributed by atoms with Crippen LogP contribution in [0.3, 0.4) is 0 Å². The van der Waals surface area contributed by atoms with Gasteiger partial charge < -0.3 is 5.11 Å². The quantitative estimate of drug-likeness (QED) is 0.473. The first-order chi connectivity index (χ1) is 10.7. The van der Waals surface area contributed by atoms with Crippen LogP contribution in [0.2, 0.25) is 0 Å². The van der Waals surface area contributed by atoms with Gasteiger partial charge in [0.05, 0.1) is 25.4 Å². The maximum Gasteiger partial charge on any atom is 0.150 e. The summed E-state index contributed by atoms with van der Waals surface area (Å²) in [7, 11) is 0. The number of benzene rings is 2. The van der Waals surface area contributed by atoms with Crippen LogP contribution in [0.15, 0.2) is 46.8 Å². The van der Waals surface area contributed by atoms with E-state index in [1.807, 2.05) is 31.2 Å². The Hall–Kier alpha value is -1.63. The van der Waals surface area contributed by atoms with Gasteiger partial charge in [0.2, 0.25) is 0 Å². The van der Waals surface area contributed by atoms with Crippen LogP contribution in [-0.4, -0.2) is 21.3 Å². The third-order valence-corrected chi connectivity index (χ3v) is 5.90. The van der Waals surface area contributed by atoms with Crippen molar-refractivity contribution in [2.75, 3.05) is 6.26 Å². The Morgan fingerprint density at radius 3 is 2.50 bits per heavy atom. The highest BCUT2D eigenvalue weighted by Gasteiger charge is 2.00. The minimum Gasteiger partial charge on any atom is -0.508 e. The molecule has 0 amide bonds. The standard InChI is InChI=1S/C8H7NOS.C8H7NS2/c1-5-9-7-4-6(10)2-3-8(7)11-5;1-10-8-9-6-4-2-3-5-7(6)11-8/h2-4,10H,1H3;2-5H,1H3. The lowest BCUT2D eigenvalue weighted by Crippen LogP contribution is -1.67. The number of hydrogen-bond acceptors (Lipinski definition) is 6. The number of thiazole rings is 2. The molecule has 3 nitrogen and oxygen atoms in total. The number of aromatic nitrogens is 2. The Morgan fingerprint density at radius 1 is 0.955 bits per heavy atom. The van der Waals surface area contributed by atoms with Crippen LogP contribution >= 0.6 is 34.4 Å². The fourth-order valence-electron chi connectivity index (χ4n) is 1.97. The van der Waals surface area contributed by atoms with Crippen LogP contribution in [0.1, 0.15) is 5.01 Å². The van der Waals surface area contributed by atoms with E-state index in [-0.39, 0.29) is 5.75 Å². The summed E-state index contributed by atoms with van der Waals surface area (Å²) in [6, 6.07) is 13.5. The second-order valence-electron chi connectivity index (χ2n) is 4.54. The summed E-state index contributed by atoms with van der Waals surface area (Å²) in [6.45, 7) is 1.96. The van der Waals surface area contributed by atoms with Crippen LogP contribution in [0.25, 0.3) is 20.4 Å². The van der Waals surface area contributed by atoms with Crippen molar-refractivity contribution in [3.8, 4) is 5.75 Å². The molecule has 0 bridgehead atoms. The summed E-state index contributed by atoms with van der Waals surface area (Å²) in [5, 5.41) is 10.1. The number of phenolic OH excluding ortho intramolecular Hbond substituents is 1. The molecule has 0 fully saturated rings. The molecule has 0 spiro atoms. The van der Waals surface area contributed by atoms with Gasteiger partial charge in [-0.1, -0.05) is 23.9 Å². The van der Waals surface area contributed by atoms with Gasteiger partial charge in [0.15, 0.2) is 4.34 Å². The number of para-hydroxylation sites is 1. The lowest BCUT2D eigenvalue weighted by atomic mass is 10.3. The Kier molecular flexibility index (Phi) is 4.61. The molecule has 2 aromatic heterocycles. The van der Waals surface area contributed by atoms with E-state index in [9.17, 15) is 0 Å². The van der Waals surface area contributed by atoms with Crippen LogP contribution in [-0.2, 0) is 0 Å². The monoisotopic (exact) mass is 346 g/mol. The largest absolute Gasteiger partial charge is 0.508 e. The topological polar surface area (TPSA) is 46.0 Å². The van der Waals surface area contributed by atoms with Gasteiger partial charge >= 0.3 is 0 Å². The lowest BCUT2D eigenvalue weighted by molar-refractivity contribution is 0.476. The molecule has 0 unspecified atom stereocenters. The number of aromatic hydroxyl groups is 1. The predicted molar refractivity (Wildman–Crippen MR) is 97.4 cm³/mol. The van der Waals surface area contributed by atoms with E-state index in [2.05, 4.69) is 22.3 Å². The fourth-order valence-corrected chi connectivity index (χ4v) is 4.27. The molecule has 0 aliphatic heterocycles. The van der Waals surface area contributed by atoms with Gasteiger partial charge in [-0.05, 0) is 37.4 Å². The number of fused-ring (bicyclic) bond motifs is 2. The summed E-state index contributed by atoms with van der Waals surface area (Å²) < 4.78 is 3.54. The number of thioether (sulfide) groups is 1. The van der Waals surface area contributed by atoms with Crippen molar-refractivity contribution in [1.82, 2.24) is 9.97 Å². The fraction of sp³-hybridized carbons (Fsp3) is 0.125. The minimum atomic E-state index is 0.280. The Labute approximate surface area is 140 Å². The molecule has 1 N–H and O–H groups in total. The van der Waals surface area contributed by atoms with Gasteiger partial charge in [-0.3, -0.25) is 0 Å². The highest BCUT2D eigenvalue weighted by molar-refractivity contribution is 8.00. The van der Waals surface area contributed by atoms with Crippen molar-refractivity contribution in [1.29, 1.82) is 0 Å². The van der Waals surface area contributed by atoms with E-state index in [0.717, 1.165) is 25.1 Å². The van der Waals surface area contributed by atoms with Crippen molar-refractivity contribution in [3.05, 3.63) is 47.5 Å². The number of rotatable bonds is 1. The summed E-state index contributed by atoms with van der Waals surface area (Å²) in [6.07, 6.45) is 2.05. The van der Waals surface area contributed by atoms with Gasteiger partial charge in [0, 0.05) is 6.07 Å². The Balaban J connectivity index is 0.000000131. The molecule has 112 valence electrons. The van der Waals surface area contributed by atoms with Crippen LogP contribution in [0.5, 0.6) is 5.75 Å². The van der Waals surface area contributed by atoms with E-state index in [4.69, 9.17) is 5.11 Å². The lowest BCUT2D eigenvalue weighted by Gasteiger charge is -1.87. The molecule has 0 aliphatic rings. The third kappa shape index (κ3) is 3.40. The summed E-state index contributed by atoms with van der Waals surface area (Å²) in [5.41, 5.74) is 1.99. The molecule has 0 atom stereocenters. The molecule has 0 saturated carbocycles. The van der Waals surface area contributed by atoms with E-state index in [1.54, 1.807) is 46.6 Å². The first-order valence-electron chi connectivity index (χ1n) is 6.61. The maximum absolute atomic E-state index is 9.10. The van der Waals surface area contributed by atoms with E-state index >= 15 is 0 Å². The van der Waals surface area contributed by atoms with Gasteiger partial charge in [0.1, 0.15) is 5.75 Å². The van der Waals surface area contributed by atoms with Crippen molar-refractivity contribution in [3.63, 3.8) is 0 Å². The van der Waals surface area contributed by atoms with Crippen molar-refractivity contribution in [2.24, 2.45) is 0 Å². The SMILES string of the molecule is CSc1nc2ccccc2s1.Cc1nc2cc(O)ccc2s1. The second-order valence-corrected chi connectivity index (χ2v) is 7.86. The molecule has 0 radical (unpaired) electrons.